The number of carbonyl (C=O) groups excluding carboxylic acids is 1. The zero-order chi connectivity index (χ0) is 12.0. The Morgan fingerprint density at radius 1 is 1.56 bits per heavy atom. The van der Waals surface area contributed by atoms with Gasteiger partial charge in [0.25, 0.3) is 0 Å². The summed E-state index contributed by atoms with van der Waals surface area (Å²) < 4.78 is 5.27. The number of hydrogen-bond acceptors (Lipinski definition) is 3. The maximum atomic E-state index is 11.9. The summed E-state index contributed by atoms with van der Waals surface area (Å²) in [6, 6.07) is 0.650. The van der Waals surface area contributed by atoms with E-state index in [1.165, 1.54) is 0 Å². The molecule has 0 aromatic heterocycles. The first-order valence-corrected chi connectivity index (χ1v) is 6.25. The fraction of sp³-hybridized carbons (Fsp3) is 0.917. The third kappa shape index (κ3) is 4.49. The van der Waals surface area contributed by atoms with Crippen LogP contribution in [-0.4, -0.2) is 37.7 Å². The second kappa shape index (κ2) is 6.86. The fourth-order valence-corrected chi connectivity index (χ4v) is 1.92. The first-order valence-electron chi connectivity index (χ1n) is 6.25. The van der Waals surface area contributed by atoms with Gasteiger partial charge in [0.15, 0.2) is 0 Å². The molecule has 3 unspecified atom stereocenters. The van der Waals surface area contributed by atoms with Crippen molar-refractivity contribution < 1.29 is 9.53 Å². The van der Waals surface area contributed by atoms with Crippen LogP contribution in [0.5, 0.6) is 0 Å². The van der Waals surface area contributed by atoms with Crippen LogP contribution in [0.3, 0.4) is 0 Å². The molecule has 0 saturated carbocycles. The van der Waals surface area contributed by atoms with Crippen LogP contribution < -0.4 is 10.6 Å². The SMILES string of the molecule is CCOCC(C)NC(=O)C1CCC(C)NC1. The van der Waals surface area contributed by atoms with Gasteiger partial charge in [-0.2, -0.15) is 0 Å². The molecule has 16 heavy (non-hydrogen) atoms. The van der Waals surface area contributed by atoms with E-state index in [0.717, 1.165) is 19.4 Å². The Kier molecular flexibility index (Phi) is 5.77. The summed E-state index contributed by atoms with van der Waals surface area (Å²) >= 11 is 0. The van der Waals surface area contributed by atoms with Crippen molar-refractivity contribution in [1.82, 2.24) is 10.6 Å². The first-order chi connectivity index (χ1) is 7.63. The number of hydrogen-bond donors (Lipinski definition) is 2. The van der Waals surface area contributed by atoms with Crippen LogP contribution in [0, 0.1) is 5.92 Å². The van der Waals surface area contributed by atoms with Crippen molar-refractivity contribution in [2.24, 2.45) is 5.92 Å². The van der Waals surface area contributed by atoms with E-state index in [0.29, 0.717) is 19.3 Å². The van der Waals surface area contributed by atoms with E-state index in [-0.39, 0.29) is 17.9 Å². The Morgan fingerprint density at radius 3 is 2.88 bits per heavy atom. The second-order valence-electron chi connectivity index (χ2n) is 4.65. The standard InChI is InChI=1S/C12H24N2O2/c1-4-16-8-10(3)14-12(15)11-6-5-9(2)13-7-11/h9-11,13H,4-8H2,1-3H3,(H,14,15). The number of amides is 1. The van der Waals surface area contributed by atoms with Crippen LogP contribution in [0.15, 0.2) is 0 Å². The summed E-state index contributed by atoms with van der Waals surface area (Å²) in [5, 5.41) is 6.33. The van der Waals surface area contributed by atoms with Crippen molar-refractivity contribution in [2.75, 3.05) is 19.8 Å². The van der Waals surface area contributed by atoms with E-state index >= 15 is 0 Å². The van der Waals surface area contributed by atoms with Crippen LogP contribution in [0.4, 0.5) is 0 Å². The number of piperidine rings is 1. The predicted molar refractivity (Wildman–Crippen MR) is 64.3 cm³/mol. The van der Waals surface area contributed by atoms with Gasteiger partial charge in [0.2, 0.25) is 5.91 Å². The predicted octanol–water partition coefficient (Wildman–Crippen LogP) is 0.916. The van der Waals surface area contributed by atoms with E-state index in [9.17, 15) is 4.79 Å². The van der Waals surface area contributed by atoms with E-state index in [4.69, 9.17) is 4.74 Å². The van der Waals surface area contributed by atoms with Gasteiger partial charge in [0, 0.05) is 25.2 Å². The van der Waals surface area contributed by atoms with Gasteiger partial charge in [-0.25, -0.2) is 0 Å². The number of carbonyl (C=O) groups is 1. The Balaban J connectivity index is 2.23. The van der Waals surface area contributed by atoms with Crippen molar-refractivity contribution in [1.29, 1.82) is 0 Å². The molecule has 1 saturated heterocycles. The van der Waals surface area contributed by atoms with Crippen LogP contribution in [0.1, 0.15) is 33.6 Å². The van der Waals surface area contributed by atoms with E-state index in [1.54, 1.807) is 0 Å². The molecule has 1 rings (SSSR count). The second-order valence-corrected chi connectivity index (χ2v) is 4.65. The van der Waals surface area contributed by atoms with Crippen molar-refractivity contribution in [3.05, 3.63) is 0 Å². The highest BCUT2D eigenvalue weighted by Crippen LogP contribution is 2.14. The number of ether oxygens (including phenoxy) is 1. The van der Waals surface area contributed by atoms with Gasteiger partial charge in [-0.05, 0) is 33.6 Å². The van der Waals surface area contributed by atoms with Crippen LogP contribution >= 0.6 is 0 Å². The molecule has 1 aliphatic heterocycles. The van der Waals surface area contributed by atoms with Crippen molar-refractivity contribution in [2.45, 2.75) is 45.7 Å². The summed E-state index contributed by atoms with van der Waals surface area (Å²) in [6.45, 7) is 8.19. The van der Waals surface area contributed by atoms with E-state index < -0.39 is 0 Å². The minimum absolute atomic E-state index is 0.104. The molecule has 0 aliphatic carbocycles. The van der Waals surface area contributed by atoms with Crippen LogP contribution in [0.2, 0.25) is 0 Å². The van der Waals surface area contributed by atoms with Gasteiger partial charge >= 0.3 is 0 Å². The molecule has 1 aliphatic rings. The highest BCUT2D eigenvalue weighted by atomic mass is 16.5. The lowest BCUT2D eigenvalue weighted by Crippen LogP contribution is -2.47. The first kappa shape index (κ1) is 13.5. The van der Waals surface area contributed by atoms with Crippen molar-refractivity contribution >= 4 is 5.91 Å². The molecule has 0 aromatic carbocycles. The molecule has 1 fully saturated rings. The molecule has 3 atom stereocenters. The summed E-state index contributed by atoms with van der Waals surface area (Å²) in [5.74, 6) is 0.284. The third-order valence-corrected chi connectivity index (χ3v) is 2.99. The minimum Gasteiger partial charge on any atom is -0.380 e. The lowest BCUT2D eigenvalue weighted by atomic mass is 9.94. The molecule has 4 nitrogen and oxygen atoms in total. The monoisotopic (exact) mass is 228 g/mol. The Labute approximate surface area is 98.1 Å². The zero-order valence-corrected chi connectivity index (χ0v) is 10.6. The average molecular weight is 228 g/mol. The molecular weight excluding hydrogens is 204 g/mol. The van der Waals surface area contributed by atoms with Gasteiger partial charge in [-0.1, -0.05) is 0 Å². The third-order valence-electron chi connectivity index (χ3n) is 2.99. The quantitative estimate of drug-likeness (QED) is 0.735. The number of nitrogens with one attached hydrogen (secondary N) is 2. The topological polar surface area (TPSA) is 50.4 Å². The van der Waals surface area contributed by atoms with Crippen LogP contribution in [-0.2, 0) is 9.53 Å². The lowest BCUT2D eigenvalue weighted by Gasteiger charge is -2.27. The van der Waals surface area contributed by atoms with Gasteiger partial charge < -0.3 is 15.4 Å². The molecule has 0 radical (unpaired) electrons. The van der Waals surface area contributed by atoms with Crippen LogP contribution in [0.25, 0.3) is 0 Å². The molecule has 0 spiro atoms. The molecule has 2 N–H and O–H groups in total. The summed E-state index contributed by atoms with van der Waals surface area (Å²) in [6.07, 6.45) is 2.07. The van der Waals surface area contributed by atoms with Gasteiger partial charge in [-0.15, -0.1) is 0 Å². The molecule has 0 bridgehead atoms. The highest BCUT2D eigenvalue weighted by molar-refractivity contribution is 5.79. The van der Waals surface area contributed by atoms with Crippen molar-refractivity contribution in [3.8, 4) is 0 Å². The number of rotatable bonds is 5. The zero-order valence-electron chi connectivity index (χ0n) is 10.6. The molecule has 94 valence electrons. The Morgan fingerprint density at radius 2 is 2.31 bits per heavy atom. The molecule has 0 aromatic rings. The van der Waals surface area contributed by atoms with Gasteiger partial charge in [-0.3, -0.25) is 4.79 Å². The minimum atomic E-state index is 0.104. The Hall–Kier alpha value is -0.610. The molecule has 4 heteroatoms. The summed E-state index contributed by atoms with van der Waals surface area (Å²) in [5.41, 5.74) is 0. The largest absolute Gasteiger partial charge is 0.380 e. The van der Waals surface area contributed by atoms with E-state index in [2.05, 4.69) is 17.6 Å². The summed E-state index contributed by atoms with van der Waals surface area (Å²) in [7, 11) is 0. The molecule has 1 heterocycles. The fourth-order valence-electron chi connectivity index (χ4n) is 1.92. The highest BCUT2D eigenvalue weighted by Gasteiger charge is 2.24. The Bertz CT molecular complexity index is 213. The van der Waals surface area contributed by atoms with Gasteiger partial charge in [0.05, 0.1) is 12.5 Å². The smallest absolute Gasteiger partial charge is 0.224 e. The maximum absolute atomic E-state index is 11.9. The maximum Gasteiger partial charge on any atom is 0.224 e. The van der Waals surface area contributed by atoms with E-state index in [1.807, 2.05) is 13.8 Å². The van der Waals surface area contributed by atoms with Gasteiger partial charge in [0.1, 0.15) is 0 Å². The van der Waals surface area contributed by atoms with Crippen molar-refractivity contribution in [3.63, 3.8) is 0 Å². The lowest BCUT2D eigenvalue weighted by molar-refractivity contribution is -0.126. The summed E-state index contributed by atoms with van der Waals surface area (Å²) in [4.78, 5) is 11.9. The normalized spacial score (nSPS) is 27.4. The average Bonchev–Trinajstić information content (AvgIpc) is 2.27. The molecular formula is C12H24N2O2. The molecule has 1 amide bonds.